The van der Waals surface area contributed by atoms with Gasteiger partial charge in [0.25, 0.3) is 5.91 Å². The Hall–Kier alpha value is -3.94. The number of hydrogen-bond acceptors (Lipinski definition) is 6. The third-order valence-corrected chi connectivity index (χ3v) is 7.01. The van der Waals surface area contributed by atoms with Crippen LogP contribution in [0.5, 0.6) is 5.75 Å². The second-order valence-electron chi connectivity index (χ2n) is 11.5. The number of hydrogen-bond donors (Lipinski definition) is 3. The minimum atomic E-state index is -1.25. The molecule has 0 radical (unpaired) electrons. The molecule has 0 fully saturated rings. The van der Waals surface area contributed by atoms with Crippen LogP contribution in [0.2, 0.25) is 0 Å². The summed E-state index contributed by atoms with van der Waals surface area (Å²) in [6.45, 7) is 11.6. The smallest absolute Gasteiger partial charge is 0.266 e. The predicted octanol–water partition coefficient (Wildman–Crippen LogP) is 6.00. The second-order valence-corrected chi connectivity index (χ2v) is 11.5. The van der Waals surface area contributed by atoms with Crippen LogP contribution in [0.1, 0.15) is 57.3 Å². The minimum Gasteiger partial charge on any atom is -0.494 e. The standard InChI is InChI=1S/C34H41N3O4/c1-5-20-34(32(39)37-35-22-21-33(2,3)4)30(27-14-12-26(13-15-27)25-10-7-6-8-11-25)41-31(36-34)28-16-18-29(19-17-28)40-24-9-23-38/h5-8,10-19,30,35,38H,1,9,20-24H2,2-4H3,(H,37,39)/t30-,34-/m0/s1. The Morgan fingerprint density at radius 2 is 1.68 bits per heavy atom. The van der Waals surface area contributed by atoms with Crippen molar-refractivity contribution in [1.29, 1.82) is 0 Å². The van der Waals surface area contributed by atoms with E-state index in [1.165, 1.54) is 0 Å². The molecule has 3 aromatic rings. The summed E-state index contributed by atoms with van der Waals surface area (Å²) >= 11 is 0. The number of nitrogens with one attached hydrogen (secondary N) is 2. The Bertz CT molecular complexity index is 1310. The molecular weight excluding hydrogens is 514 g/mol. The molecule has 3 aromatic carbocycles. The fourth-order valence-corrected chi connectivity index (χ4v) is 4.70. The van der Waals surface area contributed by atoms with E-state index >= 15 is 0 Å². The molecule has 7 nitrogen and oxygen atoms in total. The van der Waals surface area contributed by atoms with Gasteiger partial charge in [-0.15, -0.1) is 6.58 Å². The molecule has 0 aromatic heterocycles. The summed E-state index contributed by atoms with van der Waals surface area (Å²) in [5.74, 6) is 0.796. The summed E-state index contributed by atoms with van der Waals surface area (Å²) in [6, 6.07) is 25.7. The average Bonchev–Trinajstić information content (AvgIpc) is 3.36. The van der Waals surface area contributed by atoms with E-state index < -0.39 is 11.6 Å². The monoisotopic (exact) mass is 555 g/mol. The molecule has 3 N–H and O–H groups in total. The summed E-state index contributed by atoms with van der Waals surface area (Å²) in [7, 11) is 0. The third-order valence-electron chi connectivity index (χ3n) is 7.01. The highest BCUT2D eigenvalue weighted by Crippen LogP contribution is 2.43. The van der Waals surface area contributed by atoms with Crippen molar-refractivity contribution < 1.29 is 19.4 Å². The quantitative estimate of drug-likeness (QED) is 0.137. The number of aliphatic hydroxyl groups excluding tert-OH is 1. The number of rotatable bonds is 13. The molecule has 0 bridgehead atoms. The van der Waals surface area contributed by atoms with E-state index in [0.717, 1.165) is 28.7 Å². The zero-order chi connectivity index (χ0) is 29.3. The van der Waals surface area contributed by atoms with E-state index in [4.69, 9.17) is 19.6 Å². The largest absolute Gasteiger partial charge is 0.494 e. The zero-order valence-electron chi connectivity index (χ0n) is 24.2. The lowest BCUT2D eigenvalue weighted by Gasteiger charge is -2.30. The molecule has 0 unspecified atom stereocenters. The summed E-state index contributed by atoms with van der Waals surface area (Å²) in [6.07, 6.45) is 2.80. The number of aliphatic hydroxyl groups is 1. The Morgan fingerprint density at radius 1 is 1.02 bits per heavy atom. The number of amides is 1. The van der Waals surface area contributed by atoms with Gasteiger partial charge in [-0.2, -0.15) is 0 Å². The van der Waals surface area contributed by atoms with E-state index in [1.54, 1.807) is 6.08 Å². The molecule has 4 rings (SSSR count). The van der Waals surface area contributed by atoms with Crippen molar-refractivity contribution in [1.82, 2.24) is 10.9 Å². The van der Waals surface area contributed by atoms with Gasteiger partial charge in [-0.3, -0.25) is 10.2 Å². The fourth-order valence-electron chi connectivity index (χ4n) is 4.70. The van der Waals surface area contributed by atoms with E-state index in [-0.39, 0.29) is 24.3 Å². The molecule has 1 aliphatic rings. The van der Waals surface area contributed by atoms with Gasteiger partial charge in [0.05, 0.1) is 6.61 Å². The van der Waals surface area contributed by atoms with E-state index in [2.05, 4.69) is 50.3 Å². The van der Waals surface area contributed by atoms with Crippen LogP contribution in [0.25, 0.3) is 11.1 Å². The number of aliphatic imine (C=N–C) groups is 1. The topological polar surface area (TPSA) is 92.2 Å². The van der Waals surface area contributed by atoms with Crippen molar-refractivity contribution >= 4 is 11.8 Å². The van der Waals surface area contributed by atoms with E-state index in [1.807, 2.05) is 66.7 Å². The number of carbonyl (C=O) groups excluding carboxylic acids is 1. The molecule has 7 heteroatoms. The second kappa shape index (κ2) is 13.6. The number of ether oxygens (including phenoxy) is 2. The predicted molar refractivity (Wildman–Crippen MR) is 164 cm³/mol. The minimum absolute atomic E-state index is 0.0783. The first kappa shape index (κ1) is 30.0. The lowest BCUT2D eigenvalue weighted by atomic mass is 9.84. The number of benzene rings is 3. The molecule has 0 aliphatic carbocycles. The Morgan fingerprint density at radius 3 is 2.32 bits per heavy atom. The zero-order valence-corrected chi connectivity index (χ0v) is 24.2. The maximum atomic E-state index is 13.9. The Labute approximate surface area is 243 Å². The van der Waals surface area contributed by atoms with Crippen LogP contribution in [-0.4, -0.2) is 42.2 Å². The molecule has 2 atom stereocenters. The highest BCUT2D eigenvalue weighted by Gasteiger charge is 2.52. The third kappa shape index (κ3) is 7.63. The Balaban J connectivity index is 1.64. The summed E-state index contributed by atoms with van der Waals surface area (Å²) in [5.41, 5.74) is 8.66. The molecular formula is C34H41N3O4. The first-order valence-corrected chi connectivity index (χ1v) is 14.2. The SMILES string of the molecule is C=CC[C@]1(C(=O)NNCCC(C)(C)C)N=C(c2ccc(OCCCO)cc2)O[C@H]1c1ccc(-c2ccccc2)cc1. The van der Waals surface area contributed by atoms with Gasteiger partial charge < -0.3 is 14.6 Å². The molecule has 1 aliphatic heterocycles. The van der Waals surface area contributed by atoms with Crippen molar-refractivity contribution in [3.63, 3.8) is 0 Å². The Kier molecular flexibility index (Phi) is 9.97. The van der Waals surface area contributed by atoms with Gasteiger partial charge in [-0.1, -0.05) is 81.4 Å². The molecule has 1 amide bonds. The van der Waals surface area contributed by atoms with Gasteiger partial charge >= 0.3 is 0 Å². The molecule has 0 saturated heterocycles. The molecule has 1 heterocycles. The molecule has 0 saturated carbocycles. The van der Waals surface area contributed by atoms with Crippen molar-refractivity contribution in [3.8, 4) is 16.9 Å². The fraction of sp³-hybridized carbons (Fsp3) is 0.353. The average molecular weight is 556 g/mol. The summed E-state index contributed by atoms with van der Waals surface area (Å²) in [5, 5.41) is 9.01. The van der Waals surface area contributed by atoms with Crippen LogP contribution in [0.4, 0.5) is 0 Å². The maximum absolute atomic E-state index is 13.9. The van der Waals surface area contributed by atoms with Crippen LogP contribution in [-0.2, 0) is 9.53 Å². The molecule has 0 spiro atoms. The van der Waals surface area contributed by atoms with Gasteiger partial charge in [0.2, 0.25) is 5.90 Å². The van der Waals surface area contributed by atoms with Crippen LogP contribution in [0.3, 0.4) is 0 Å². The van der Waals surface area contributed by atoms with Gasteiger partial charge in [-0.25, -0.2) is 10.4 Å². The molecule has 41 heavy (non-hydrogen) atoms. The van der Waals surface area contributed by atoms with Crippen molar-refractivity contribution in [3.05, 3.63) is 103 Å². The first-order valence-electron chi connectivity index (χ1n) is 14.2. The van der Waals surface area contributed by atoms with E-state index in [0.29, 0.717) is 31.2 Å². The van der Waals surface area contributed by atoms with Crippen LogP contribution >= 0.6 is 0 Å². The van der Waals surface area contributed by atoms with E-state index in [9.17, 15) is 4.79 Å². The van der Waals surface area contributed by atoms with Crippen molar-refractivity contribution in [2.45, 2.75) is 51.7 Å². The lowest BCUT2D eigenvalue weighted by Crippen LogP contribution is -2.52. The van der Waals surface area contributed by atoms with Crippen molar-refractivity contribution in [2.75, 3.05) is 19.8 Å². The van der Waals surface area contributed by atoms with Gasteiger partial charge in [0, 0.05) is 31.6 Å². The number of carbonyl (C=O) groups is 1. The van der Waals surface area contributed by atoms with Gasteiger partial charge in [0.15, 0.2) is 11.6 Å². The highest BCUT2D eigenvalue weighted by atomic mass is 16.5. The number of hydrazine groups is 1. The normalized spacial score (nSPS) is 18.3. The number of nitrogens with zero attached hydrogens (tertiary/aromatic N) is 1. The molecule has 216 valence electrons. The van der Waals surface area contributed by atoms with Gasteiger partial charge in [0.1, 0.15) is 5.75 Å². The van der Waals surface area contributed by atoms with Crippen molar-refractivity contribution in [2.24, 2.45) is 10.4 Å². The maximum Gasteiger partial charge on any atom is 0.266 e. The van der Waals surface area contributed by atoms with Crippen LogP contribution < -0.4 is 15.6 Å². The van der Waals surface area contributed by atoms with Crippen LogP contribution in [0, 0.1) is 5.41 Å². The lowest BCUT2D eigenvalue weighted by molar-refractivity contribution is -0.129. The van der Waals surface area contributed by atoms with Crippen LogP contribution in [0.15, 0.2) is 96.5 Å². The highest BCUT2D eigenvalue weighted by molar-refractivity contribution is 6.01. The van der Waals surface area contributed by atoms with Gasteiger partial charge in [-0.05, 0) is 52.8 Å². The summed E-state index contributed by atoms with van der Waals surface area (Å²) in [4.78, 5) is 18.8. The first-order chi connectivity index (χ1) is 19.8. The summed E-state index contributed by atoms with van der Waals surface area (Å²) < 4.78 is 12.2.